The predicted molar refractivity (Wildman–Crippen MR) is 65.3 cm³/mol. The van der Waals surface area contributed by atoms with E-state index in [4.69, 9.17) is 5.73 Å². The molecule has 0 spiro atoms. The number of amides is 1. The minimum atomic E-state index is -0.302. The maximum Gasteiger partial charge on any atom is 0.227 e. The molecule has 0 atom stereocenters. The number of nitrogens with zero attached hydrogens (tertiary/aromatic N) is 1. The molecule has 1 aliphatic rings. The van der Waals surface area contributed by atoms with E-state index in [9.17, 15) is 4.79 Å². The Kier molecular flexibility index (Phi) is 3.78. The standard InChI is InChI=1S/C12H20N4O/c13-9-12(4-1-2-5-12)11(17)16-6-3-10-14-7-8-15-10/h7-8H,1-6,9,13H2,(H,14,15)(H,16,17). The Labute approximate surface area is 101 Å². The Morgan fingerprint density at radius 1 is 1.53 bits per heavy atom. The van der Waals surface area contributed by atoms with E-state index < -0.39 is 0 Å². The molecule has 5 nitrogen and oxygen atoms in total. The van der Waals surface area contributed by atoms with E-state index >= 15 is 0 Å². The van der Waals surface area contributed by atoms with Crippen LogP contribution in [0.15, 0.2) is 12.4 Å². The molecule has 0 saturated heterocycles. The van der Waals surface area contributed by atoms with E-state index in [0.29, 0.717) is 13.1 Å². The van der Waals surface area contributed by atoms with Gasteiger partial charge < -0.3 is 16.0 Å². The Morgan fingerprint density at radius 3 is 2.88 bits per heavy atom. The van der Waals surface area contributed by atoms with E-state index in [1.165, 1.54) is 0 Å². The van der Waals surface area contributed by atoms with Crippen molar-refractivity contribution in [3.8, 4) is 0 Å². The van der Waals surface area contributed by atoms with Crippen LogP contribution in [0.25, 0.3) is 0 Å². The molecule has 4 N–H and O–H groups in total. The molecule has 1 aromatic heterocycles. The first-order valence-electron chi connectivity index (χ1n) is 6.23. The molecule has 0 aromatic carbocycles. The SMILES string of the molecule is NCC1(C(=O)NCCc2ncc[nH]2)CCCC1. The minimum Gasteiger partial charge on any atom is -0.355 e. The quantitative estimate of drug-likeness (QED) is 0.699. The summed E-state index contributed by atoms with van der Waals surface area (Å²) in [5, 5.41) is 2.98. The molecule has 94 valence electrons. The number of hydrogen-bond acceptors (Lipinski definition) is 3. The van der Waals surface area contributed by atoms with Crippen LogP contribution in [-0.2, 0) is 11.2 Å². The van der Waals surface area contributed by atoms with Gasteiger partial charge in [-0.1, -0.05) is 12.8 Å². The van der Waals surface area contributed by atoms with Crippen molar-refractivity contribution < 1.29 is 4.79 Å². The number of aromatic nitrogens is 2. The third kappa shape index (κ3) is 2.66. The summed E-state index contributed by atoms with van der Waals surface area (Å²) in [7, 11) is 0. The van der Waals surface area contributed by atoms with Gasteiger partial charge in [0.15, 0.2) is 0 Å². The molecule has 5 heteroatoms. The van der Waals surface area contributed by atoms with Crippen molar-refractivity contribution in [1.29, 1.82) is 0 Å². The second-order valence-corrected chi connectivity index (χ2v) is 4.73. The van der Waals surface area contributed by atoms with Crippen molar-refractivity contribution in [3.05, 3.63) is 18.2 Å². The van der Waals surface area contributed by atoms with Crippen molar-refractivity contribution in [1.82, 2.24) is 15.3 Å². The van der Waals surface area contributed by atoms with E-state index in [2.05, 4.69) is 15.3 Å². The number of rotatable bonds is 5. The van der Waals surface area contributed by atoms with Gasteiger partial charge in [0.05, 0.1) is 5.41 Å². The molecular formula is C12H20N4O. The molecule has 1 amide bonds. The Hall–Kier alpha value is -1.36. The van der Waals surface area contributed by atoms with Gasteiger partial charge in [0.2, 0.25) is 5.91 Å². The molecule has 1 heterocycles. The van der Waals surface area contributed by atoms with Crippen LogP contribution in [0.1, 0.15) is 31.5 Å². The second kappa shape index (κ2) is 5.31. The predicted octanol–water partition coefficient (Wildman–Crippen LogP) is 0.587. The molecule has 0 aliphatic heterocycles. The summed E-state index contributed by atoms with van der Waals surface area (Å²) in [5.74, 6) is 1.02. The Morgan fingerprint density at radius 2 is 2.29 bits per heavy atom. The number of nitrogens with two attached hydrogens (primary N) is 1. The molecule has 0 radical (unpaired) electrons. The van der Waals surface area contributed by atoms with Crippen LogP contribution in [-0.4, -0.2) is 29.0 Å². The van der Waals surface area contributed by atoms with E-state index in [1.54, 1.807) is 12.4 Å². The highest BCUT2D eigenvalue weighted by Gasteiger charge is 2.39. The van der Waals surface area contributed by atoms with Crippen molar-refractivity contribution in [2.45, 2.75) is 32.1 Å². The van der Waals surface area contributed by atoms with Crippen LogP contribution in [0.3, 0.4) is 0 Å². The highest BCUT2D eigenvalue weighted by Crippen LogP contribution is 2.37. The first kappa shape index (κ1) is 12.1. The van der Waals surface area contributed by atoms with Gasteiger partial charge in [0, 0.05) is 31.9 Å². The van der Waals surface area contributed by atoms with Gasteiger partial charge in [-0.05, 0) is 12.8 Å². The summed E-state index contributed by atoms with van der Waals surface area (Å²) in [6.07, 6.45) is 8.32. The maximum atomic E-state index is 12.1. The van der Waals surface area contributed by atoms with Crippen LogP contribution in [0.4, 0.5) is 0 Å². The lowest BCUT2D eigenvalue weighted by atomic mass is 9.85. The summed E-state index contributed by atoms with van der Waals surface area (Å²) < 4.78 is 0. The van der Waals surface area contributed by atoms with Crippen molar-refractivity contribution in [3.63, 3.8) is 0 Å². The van der Waals surface area contributed by atoms with Gasteiger partial charge >= 0.3 is 0 Å². The fraction of sp³-hybridized carbons (Fsp3) is 0.667. The normalized spacial score (nSPS) is 18.2. The molecule has 2 rings (SSSR count). The first-order chi connectivity index (χ1) is 8.27. The number of carbonyl (C=O) groups is 1. The largest absolute Gasteiger partial charge is 0.355 e. The van der Waals surface area contributed by atoms with Crippen LogP contribution < -0.4 is 11.1 Å². The summed E-state index contributed by atoms with van der Waals surface area (Å²) in [6.45, 7) is 1.08. The maximum absolute atomic E-state index is 12.1. The summed E-state index contributed by atoms with van der Waals surface area (Å²) >= 11 is 0. The molecular weight excluding hydrogens is 216 g/mol. The third-order valence-electron chi connectivity index (χ3n) is 3.64. The zero-order valence-electron chi connectivity index (χ0n) is 10.0. The molecule has 1 aliphatic carbocycles. The number of nitrogens with one attached hydrogen (secondary N) is 2. The van der Waals surface area contributed by atoms with Gasteiger partial charge in [-0.25, -0.2) is 4.98 Å². The van der Waals surface area contributed by atoms with E-state index in [0.717, 1.165) is 37.9 Å². The molecule has 0 bridgehead atoms. The monoisotopic (exact) mass is 236 g/mol. The fourth-order valence-corrected chi connectivity index (χ4v) is 2.49. The second-order valence-electron chi connectivity index (χ2n) is 4.73. The minimum absolute atomic E-state index is 0.115. The summed E-state index contributed by atoms with van der Waals surface area (Å²) in [4.78, 5) is 19.2. The number of H-pyrrole nitrogens is 1. The van der Waals surface area contributed by atoms with Gasteiger partial charge in [-0.3, -0.25) is 4.79 Å². The topological polar surface area (TPSA) is 83.8 Å². The van der Waals surface area contributed by atoms with Crippen molar-refractivity contribution >= 4 is 5.91 Å². The first-order valence-corrected chi connectivity index (χ1v) is 6.23. The lowest BCUT2D eigenvalue weighted by Crippen LogP contribution is -2.44. The average Bonchev–Trinajstić information content (AvgIpc) is 3.00. The van der Waals surface area contributed by atoms with Crippen LogP contribution in [0.2, 0.25) is 0 Å². The van der Waals surface area contributed by atoms with Gasteiger partial charge in [-0.15, -0.1) is 0 Å². The molecule has 1 aromatic rings. The number of hydrogen-bond donors (Lipinski definition) is 3. The molecule has 17 heavy (non-hydrogen) atoms. The van der Waals surface area contributed by atoms with Gasteiger partial charge in [0.1, 0.15) is 5.82 Å². The lowest BCUT2D eigenvalue weighted by Gasteiger charge is -2.25. The highest BCUT2D eigenvalue weighted by atomic mass is 16.2. The summed E-state index contributed by atoms with van der Waals surface area (Å²) in [6, 6.07) is 0. The van der Waals surface area contributed by atoms with Crippen LogP contribution in [0, 0.1) is 5.41 Å². The zero-order valence-corrected chi connectivity index (χ0v) is 10.0. The number of imidazole rings is 1. The molecule has 1 fully saturated rings. The zero-order chi connectivity index (χ0) is 12.1. The molecule has 0 unspecified atom stereocenters. The van der Waals surface area contributed by atoms with Crippen LogP contribution in [0.5, 0.6) is 0 Å². The van der Waals surface area contributed by atoms with Crippen LogP contribution >= 0.6 is 0 Å². The average molecular weight is 236 g/mol. The van der Waals surface area contributed by atoms with Gasteiger partial charge in [0.25, 0.3) is 0 Å². The highest BCUT2D eigenvalue weighted by molar-refractivity contribution is 5.83. The Bertz CT molecular complexity index is 355. The van der Waals surface area contributed by atoms with Crippen molar-refractivity contribution in [2.24, 2.45) is 11.1 Å². The van der Waals surface area contributed by atoms with Crippen molar-refractivity contribution in [2.75, 3.05) is 13.1 Å². The molecule has 1 saturated carbocycles. The van der Waals surface area contributed by atoms with E-state index in [1.807, 2.05) is 0 Å². The van der Waals surface area contributed by atoms with E-state index in [-0.39, 0.29) is 11.3 Å². The fourth-order valence-electron chi connectivity index (χ4n) is 2.49. The smallest absolute Gasteiger partial charge is 0.227 e. The third-order valence-corrected chi connectivity index (χ3v) is 3.64. The van der Waals surface area contributed by atoms with Gasteiger partial charge in [-0.2, -0.15) is 0 Å². The Balaban J connectivity index is 1.80. The number of aromatic amines is 1. The lowest BCUT2D eigenvalue weighted by molar-refractivity contribution is -0.130. The summed E-state index contributed by atoms with van der Waals surface area (Å²) in [5.41, 5.74) is 5.45. The number of carbonyl (C=O) groups excluding carboxylic acids is 1.